The van der Waals surface area contributed by atoms with Gasteiger partial charge in [-0.05, 0) is 52.7 Å². The van der Waals surface area contributed by atoms with Crippen LogP contribution in [0, 0.1) is 12.7 Å². The quantitative estimate of drug-likeness (QED) is 0.741. The van der Waals surface area contributed by atoms with Gasteiger partial charge in [0.25, 0.3) is 0 Å². The van der Waals surface area contributed by atoms with Crippen molar-refractivity contribution in [3.05, 3.63) is 52.4 Å². The van der Waals surface area contributed by atoms with Gasteiger partial charge in [0.05, 0.1) is 4.47 Å². The van der Waals surface area contributed by atoms with Crippen molar-refractivity contribution in [3.8, 4) is 11.3 Å². The first-order chi connectivity index (χ1) is 9.08. The molecule has 0 saturated carbocycles. The molecule has 1 aromatic carbocycles. The highest BCUT2D eigenvalue weighted by atomic mass is 79.9. The van der Waals surface area contributed by atoms with E-state index in [9.17, 15) is 4.39 Å². The number of nitrogens with two attached hydrogens (primary N) is 1. The van der Waals surface area contributed by atoms with E-state index >= 15 is 0 Å². The molecule has 3 aromatic rings. The van der Waals surface area contributed by atoms with Gasteiger partial charge < -0.3 is 5.73 Å². The second-order valence-corrected chi connectivity index (χ2v) is 5.21. The van der Waals surface area contributed by atoms with Crippen molar-refractivity contribution in [2.24, 2.45) is 0 Å². The molecule has 96 valence electrons. The number of aryl methyl sites for hydroxylation is 1. The van der Waals surface area contributed by atoms with Gasteiger partial charge in [-0.25, -0.2) is 9.37 Å². The van der Waals surface area contributed by atoms with Crippen LogP contribution in [0.1, 0.15) is 5.56 Å². The molecule has 2 aromatic heterocycles. The molecule has 0 unspecified atom stereocenters. The second-order valence-electron chi connectivity index (χ2n) is 4.36. The van der Waals surface area contributed by atoms with Crippen LogP contribution in [0.25, 0.3) is 16.9 Å². The maximum atomic E-state index is 13.3. The van der Waals surface area contributed by atoms with Crippen molar-refractivity contribution in [1.29, 1.82) is 0 Å². The molecule has 0 bridgehead atoms. The van der Waals surface area contributed by atoms with E-state index in [4.69, 9.17) is 5.73 Å². The Bertz CT molecular complexity index is 780. The topological polar surface area (TPSA) is 43.3 Å². The standard InChI is InChI=1S/C14H11BrFN3/c1-8-3-2-6-19-13(17)12(18-14(8)19)9-4-5-11(16)10(15)7-9/h2-7H,17H2,1H3. The molecule has 2 heterocycles. The maximum Gasteiger partial charge on any atom is 0.142 e. The Kier molecular flexibility index (Phi) is 2.78. The van der Waals surface area contributed by atoms with Crippen LogP contribution in [0.5, 0.6) is 0 Å². The first-order valence-electron chi connectivity index (χ1n) is 5.76. The lowest BCUT2D eigenvalue weighted by molar-refractivity contribution is 0.621. The zero-order valence-electron chi connectivity index (χ0n) is 10.2. The van der Waals surface area contributed by atoms with Crippen molar-refractivity contribution in [3.63, 3.8) is 0 Å². The van der Waals surface area contributed by atoms with Gasteiger partial charge in [0.1, 0.15) is 23.0 Å². The minimum atomic E-state index is -0.303. The molecule has 0 fully saturated rings. The summed E-state index contributed by atoms with van der Waals surface area (Å²) in [5, 5.41) is 0. The molecule has 0 aliphatic heterocycles. The van der Waals surface area contributed by atoms with Gasteiger partial charge in [0.15, 0.2) is 0 Å². The Balaban J connectivity index is 2.28. The highest BCUT2D eigenvalue weighted by Crippen LogP contribution is 2.30. The van der Waals surface area contributed by atoms with E-state index in [1.54, 1.807) is 12.1 Å². The monoisotopic (exact) mass is 319 g/mol. The molecule has 19 heavy (non-hydrogen) atoms. The molecule has 2 N–H and O–H groups in total. The summed E-state index contributed by atoms with van der Waals surface area (Å²) >= 11 is 3.18. The molecule has 3 rings (SSSR count). The highest BCUT2D eigenvalue weighted by Gasteiger charge is 2.13. The molecule has 0 aliphatic rings. The number of imidazole rings is 1. The summed E-state index contributed by atoms with van der Waals surface area (Å²) < 4.78 is 15.5. The fraction of sp³-hybridized carbons (Fsp3) is 0.0714. The SMILES string of the molecule is Cc1cccn2c(N)c(-c3ccc(F)c(Br)c3)nc12. The van der Waals surface area contributed by atoms with Crippen molar-refractivity contribution in [1.82, 2.24) is 9.38 Å². The minimum Gasteiger partial charge on any atom is -0.383 e. The Morgan fingerprint density at radius 1 is 1.32 bits per heavy atom. The average molecular weight is 320 g/mol. The molecule has 0 spiro atoms. The van der Waals surface area contributed by atoms with Crippen molar-refractivity contribution in [2.45, 2.75) is 6.92 Å². The summed E-state index contributed by atoms with van der Waals surface area (Å²) in [5.41, 5.74) is 9.43. The Labute approximate surface area is 118 Å². The van der Waals surface area contributed by atoms with Crippen LogP contribution in [0.3, 0.4) is 0 Å². The van der Waals surface area contributed by atoms with Gasteiger partial charge in [-0.2, -0.15) is 0 Å². The Morgan fingerprint density at radius 3 is 2.79 bits per heavy atom. The van der Waals surface area contributed by atoms with Crippen LogP contribution < -0.4 is 5.73 Å². The lowest BCUT2D eigenvalue weighted by Crippen LogP contribution is -1.94. The Morgan fingerprint density at radius 2 is 2.11 bits per heavy atom. The summed E-state index contributed by atoms with van der Waals surface area (Å²) in [4.78, 5) is 4.55. The van der Waals surface area contributed by atoms with Crippen molar-refractivity contribution >= 4 is 27.4 Å². The maximum absolute atomic E-state index is 13.3. The van der Waals surface area contributed by atoms with Gasteiger partial charge in [-0.1, -0.05) is 6.07 Å². The lowest BCUT2D eigenvalue weighted by Gasteiger charge is -2.01. The smallest absolute Gasteiger partial charge is 0.142 e. The zero-order chi connectivity index (χ0) is 13.6. The number of hydrogen-bond donors (Lipinski definition) is 1. The third-order valence-electron chi connectivity index (χ3n) is 3.08. The van der Waals surface area contributed by atoms with Crippen molar-refractivity contribution in [2.75, 3.05) is 5.73 Å². The summed E-state index contributed by atoms with van der Waals surface area (Å²) in [6.45, 7) is 1.98. The van der Waals surface area contributed by atoms with E-state index in [0.717, 1.165) is 16.8 Å². The van der Waals surface area contributed by atoms with Crippen LogP contribution in [0.15, 0.2) is 41.0 Å². The molecule has 0 aliphatic carbocycles. The van der Waals surface area contributed by atoms with Gasteiger partial charge >= 0.3 is 0 Å². The third-order valence-corrected chi connectivity index (χ3v) is 3.68. The summed E-state index contributed by atoms with van der Waals surface area (Å²) in [7, 11) is 0. The van der Waals surface area contributed by atoms with Gasteiger partial charge in [0.2, 0.25) is 0 Å². The first-order valence-corrected chi connectivity index (χ1v) is 6.56. The van der Waals surface area contributed by atoms with Crippen LogP contribution in [-0.4, -0.2) is 9.38 Å². The van der Waals surface area contributed by atoms with Gasteiger partial charge in [-0.15, -0.1) is 0 Å². The first kappa shape index (κ1) is 12.2. The normalized spacial score (nSPS) is 11.1. The zero-order valence-corrected chi connectivity index (χ0v) is 11.8. The number of rotatable bonds is 1. The number of nitrogen functional groups attached to an aromatic ring is 1. The lowest BCUT2D eigenvalue weighted by atomic mass is 10.1. The van der Waals surface area contributed by atoms with E-state index in [1.165, 1.54) is 6.07 Å². The number of aromatic nitrogens is 2. The van der Waals surface area contributed by atoms with E-state index in [2.05, 4.69) is 20.9 Å². The largest absolute Gasteiger partial charge is 0.383 e. The van der Waals surface area contributed by atoms with E-state index < -0.39 is 0 Å². The van der Waals surface area contributed by atoms with Crippen LogP contribution >= 0.6 is 15.9 Å². The predicted octanol–water partition coefficient (Wildman–Crippen LogP) is 3.79. The summed E-state index contributed by atoms with van der Waals surface area (Å²) in [5.74, 6) is 0.250. The number of benzene rings is 1. The number of fused-ring (bicyclic) bond motifs is 1. The van der Waals surface area contributed by atoms with Crippen molar-refractivity contribution < 1.29 is 4.39 Å². The summed E-state index contributed by atoms with van der Waals surface area (Å²) in [6, 6.07) is 8.66. The Hall–Kier alpha value is -1.88. The molecular formula is C14H11BrFN3. The van der Waals surface area contributed by atoms with E-state index in [1.807, 2.05) is 29.7 Å². The highest BCUT2D eigenvalue weighted by molar-refractivity contribution is 9.10. The molecular weight excluding hydrogens is 309 g/mol. The molecule has 0 amide bonds. The van der Waals surface area contributed by atoms with Crippen LogP contribution in [-0.2, 0) is 0 Å². The van der Waals surface area contributed by atoms with Crippen LogP contribution in [0.2, 0.25) is 0 Å². The minimum absolute atomic E-state index is 0.303. The number of pyridine rings is 1. The molecule has 5 heteroatoms. The average Bonchev–Trinajstić information content (AvgIpc) is 2.72. The van der Waals surface area contributed by atoms with E-state index in [0.29, 0.717) is 16.0 Å². The fourth-order valence-corrected chi connectivity index (χ4v) is 2.46. The fourth-order valence-electron chi connectivity index (χ4n) is 2.08. The molecule has 0 atom stereocenters. The number of hydrogen-bond acceptors (Lipinski definition) is 2. The molecule has 3 nitrogen and oxygen atoms in total. The predicted molar refractivity (Wildman–Crippen MR) is 77.4 cm³/mol. The third kappa shape index (κ3) is 1.90. The molecule has 0 radical (unpaired) electrons. The van der Waals surface area contributed by atoms with E-state index in [-0.39, 0.29) is 5.82 Å². The van der Waals surface area contributed by atoms with Gasteiger partial charge in [-0.3, -0.25) is 4.40 Å². The second kappa shape index (κ2) is 4.35. The molecule has 0 saturated heterocycles. The van der Waals surface area contributed by atoms with Crippen LogP contribution in [0.4, 0.5) is 10.2 Å². The van der Waals surface area contributed by atoms with Gasteiger partial charge in [0, 0.05) is 11.8 Å². The number of anilines is 1. The summed E-state index contributed by atoms with van der Waals surface area (Å²) in [6.07, 6.45) is 1.87. The number of halogens is 2. The number of nitrogens with zero attached hydrogens (tertiary/aromatic N) is 2.